The predicted molar refractivity (Wildman–Crippen MR) is 235 cm³/mol. The van der Waals surface area contributed by atoms with Gasteiger partial charge in [0.2, 0.25) is 0 Å². The van der Waals surface area contributed by atoms with Crippen molar-refractivity contribution in [3.05, 3.63) is 224 Å². The smallest absolute Gasteiger partial charge is 0.0645 e. The summed E-state index contributed by atoms with van der Waals surface area (Å²) in [5, 5.41) is 5.55. The van der Waals surface area contributed by atoms with Gasteiger partial charge in [0.15, 0.2) is 0 Å². The Labute approximate surface area is 345 Å². The van der Waals surface area contributed by atoms with Crippen molar-refractivity contribution in [1.29, 1.82) is 0 Å². The summed E-state index contributed by atoms with van der Waals surface area (Å²) in [5.41, 5.74) is -1.54. The molecule has 1 nitrogen and oxygen atoms in total. The van der Waals surface area contributed by atoms with Gasteiger partial charge in [-0.25, -0.2) is 0 Å². The molecule has 0 N–H and O–H groups in total. The maximum absolute atomic E-state index is 9.64. The molecule has 0 bridgehead atoms. The van der Waals surface area contributed by atoms with Crippen molar-refractivity contribution in [2.45, 2.75) is 0 Å². The molecule has 1 heteroatoms. The van der Waals surface area contributed by atoms with Crippen LogP contribution in [-0.4, -0.2) is 0 Å². The third kappa shape index (κ3) is 6.22. The minimum Gasteiger partial charge on any atom is -0.310 e. The van der Waals surface area contributed by atoms with Crippen LogP contribution in [0.1, 0.15) is 23.3 Å². The van der Waals surface area contributed by atoms with Crippen molar-refractivity contribution in [3.63, 3.8) is 0 Å². The van der Waals surface area contributed by atoms with Crippen LogP contribution in [-0.2, 0) is 0 Å². The molecule has 0 fully saturated rings. The normalized spacial score (nSPS) is 15.6. The zero-order chi connectivity index (χ0) is 51.3. The SMILES string of the molecule is [2H]c1c([2H])c([2H])c(-c2c([2H])c([2H])c(-c3c([2H])c([2H])c(N(c4cccc(-c5cccc6ccccc56)c4)c4c([2H])c([2H])c(-c5ccc6c(ccc7ccccc76)c5)c([2H])c4[2H])c([2H])c3[2H])c([2H])c2[2H])c([2H])c1[2H]. The van der Waals surface area contributed by atoms with E-state index in [1.54, 1.807) is 30.3 Å². The lowest BCUT2D eigenvalue weighted by Gasteiger charge is -2.26. The molecular formula is C54H37N. The summed E-state index contributed by atoms with van der Waals surface area (Å²) in [6, 6.07) is 24.7. The predicted octanol–water partition coefficient (Wildman–Crippen LogP) is 15.3. The molecule has 0 aliphatic carbocycles. The third-order valence-corrected chi connectivity index (χ3v) is 9.53. The summed E-state index contributed by atoms with van der Waals surface area (Å²) in [5.74, 6) is 0. The van der Waals surface area contributed by atoms with Crippen LogP contribution in [0.25, 0.3) is 76.8 Å². The lowest BCUT2D eigenvalue weighted by molar-refractivity contribution is 1.28. The van der Waals surface area contributed by atoms with E-state index in [0.717, 1.165) is 42.8 Å². The molecule has 0 saturated heterocycles. The Morgan fingerprint density at radius 2 is 0.800 bits per heavy atom. The first-order valence-corrected chi connectivity index (χ1v) is 17.5. The summed E-state index contributed by atoms with van der Waals surface area (Å²) in [7, 11) is 0. The summed E-state index contributed by atoms with van der Waals surface area (Å²) >= 11 is 0. The van der Waals surface area contributed by atoms with Crippen molar-refractivity contribution >= 4 is 49.4 Å². The molecule has 0 amide bonds. The van der Waals surface area contributed by atoms with E-state index in [0.29, 0.717) is 11.1 Å². The molecule has 0 unspecified atom stereocenters. The fraction of sp³-hybridized carbons (Fsp3) is 0. The van der Waals surface area contributed by atoms with Gasteiger partial charge < -0.3 is 4.90 Å². The van der Waals surface area contributed by atoms with Crippen LogP contribution in [0.3, 0.4) is 0 Å². The van der Waals surface area contributed by atoms with Crippen LogP contribution in [0.4, 0.5) is 17.1 Å². The second kappa shape index (κ2) is 14.0. The highest BCUT2D eigenvalue weighted by atomic mass is 15.1. The van der Waals surface area contributed by atoms with E-state index in [1.807, 2.05) is 91.0 Å². The van der Waals surface area contributed by atoms with Gasteiger partial charge in [0.25, 0.3) is 0 Å². The molecule has 0 saturated carbocycles. The van der Waals surface area contributed by atoms with Gasteiger partial charge in [-0.05, 0) is 119 Å². The van der Waals surface area contributed by atoms with Crippen LogP contribution < -0.4 is 4.90 Å². The maximum atomic E-state index is 9.64. The summed E-state index contributed by atoms with van der Waals surface area (Å²) in [6.07, 6.45) is 0. The Morgan fingerprint density at radius 1 is 0.291 bits per heavy atom. The molecule has 0 aromatic heterocycles. The van der Waals surface area contributed by atoms with Gasteiger partial charge in [-0.1, -0.05) is 182 Å². The van der Waals surface area contributed by atoms with E-state index in [2.05, 4.69) is 0 Å². The molecule has 0 spiro atoms. The lowest BCUT2D eigenvalue weighted by atomic mass is 9.97. The Balaban J connectivity index is 1.22. The van der Waals surface area contributed by atoms with Gasteiger partial charge in [0.05, 0.1) is 23.3 Å². The molecule has 10 aromatic rings. The van der Waals surface area contributed by atoms with Crippen molar-refractivity contribution in [2.75, 3.05) is 4.90 Å². The number of fused-ring (bicyclic) bond motifs is 4. The second-order valence-electron chi connectivity index (χ2n) is 12.8. The monoisotopic (exact) mass is 716 g/mol. The van der Waals surface area contributed by atoms with Crippen molar-refractivity contribution < 1.29 is 23.3 Å². The Bertz CT molecular complexity index is 3860. The van der Waals surface area contributed by atoms with Gasteiger partial charge >= 0.3 is 0 Å². The van der Waals surface area contributed by atoms with E-state index >= 15 is 0 Å². The second-order valence-corrected chi connectivity index (χ2v) is 12.8. The van der Waals surface area contributed by atoms with E-state index in [4.69, 9.17) is 12.3 Å². The summed E-state index contributed by atoms with van der Waals surface area (Å²) in [6.45, 7) is 0. The number of hydrogen-bond donors (Lipinski definition) is 0. The lowest BCUT2D eigenvalue weighted by Crippen LogP contribution is -2.10. The molecule has 0 aliphatic heterocycles. The topological polar surface area (TPSA) is 3.24 Å². The standard InChI is InChI=1S/C54H37N/c1-2-10-38(11-3-1)39-20-22-40(23-21-39)41-26-31-48(32-27-41)55(50-16-8-15-46(37-50)53-19-9-14-43-12-4-6-17-51(43)53)49-33-28-42(29-34-49)45-30-35-54-47(36-45)25-24-44-13-5-7-18-52(44)54/h1-37H/i1D,2D,3D,10D,11D,20D,21D,22D,23D,26D,27D,28D,29D,31D,32D,33D,34D. The molecule has 10 aromatic carbocycles. The number of hydrogen-bond acceptors (Lipinski definition) is 1. The minimum absolute atomic E-state index is 0.0152. The molecular weight excluding hydrogens is 663 g/mol. The highest BCUT2D eigenvalue weighted by Gasteiger charge is 2.15. The van der Waals surface area contributed by atoms with Crippen LogP contribution in [0, 0.1) is 0 Å². The maximum Gasteiger partial charge on any atom is 0.0645 e. The zero-order valence-electron chi connectivity index (χ0n) is 46.0. The first-order valence-electron chi connectivity index (χ1n) is 26.0. The summed E-state index contributed by atoms with van der Waals surface area (Å²) < 4.78 is 154. The van der Waals surface area contributed by atoms with Gasteiger partial charge in [0.1, 0.15) is 0 Å². The van der Waals surface area contributed by atoms with Crippen LogP contribution in [0.15, 0.2) is 224 Å². The quantitative estimate of drug-likeness (QED) is 0.148. The van der Waals surface area contributed by atoms with E-state index in [-0.39, 0.29) is 11.3 Å². The zero-order valence-corrected chi connectivity index (χ0v) is 29.0. The van der Waals surface area contributed by atoms with Crippen LogP contribution >= 0.6 is 0 Å². The van der Waals surface area contributed by atoms with Crippen molar-refractivity contribution in [3.8, 4) is 44.5 Å². The number of benzene rings is 10. The van der Waals surface area contributed by atoms with Gasteiger partial charge in [0, 0.05) is 17.1 Å². The van der Waals surface area contributed by atoms with E-state index in [1.165, 1.54) is 0 Å². The largest absolute Gasteiger partial charge is 0.310 e. The van der Waals surface area contributed by atoms with E-state index < -0.39 is 136 Å². The van der Waals surface area contributed by atoms with Crippen molar-refractivity contribution in [1.82, 2.24) is 0 Å². The van der Waals surface area contributed by atoms with Gasteiger partial charge in [-0.2, -0.15) is 0 Å². The molecule has 10 rings (SSSR count). The molecule has 0 aliphatic rings. The number of rotatable bonds is 7. The fourth-order valence-electron chi connectivity index (χ4n) is 6.87. The highest BCUT2D eigenvalue weighted by molar-refractivity contribution is 6.08. The first-order chi connectivity index (χ1) is 34.3. The number of anilines is 3. The average Bonchev–Trinajstić information content (AvgIpc) is 3.39. The van der Waals surface area contributed by atoms with E-state index in [9.17, 15) is 11.0 Å². The van der Waals surface area contributed by atoms with Crippen LogP contribution in [0.2, 0.25) is 0 Å². The third-order valence-electron chi connectivity index (χ3n) is 9.53. The molecule has 258 valence electrons. The van der Waals surface area contributed by atoms with Crippen LogP contribution in [0.5, 0.6) is 0 Å². The Kier molecular flexibility index (Phi) is 4.88. The fourth-order valence-corrected chi connectivity index (χ4v) is 6.87. The average molecular weight is 717 g/mol. The summed E-state index contributed by atoms with van der Waals surface area (Å²) in [4.78, 5) is 1.15. The molecule has 0 atom stereocenters. The highest BCUT2D eigenvalue weighted by Crippen LogP contribution is 2.40. The van der Waals surface area contributed by atoms with Gasteiger partial charge in [-0.3, -0.25) is 0 Å². The molecule has 0 heterocycles. The van der Waals surface area contributed by atoms with Gasteiger partial charge in [-0.15, -0.1) is 0 Å². The molecule has 55 heavy (non-hydrogen) atoms. The minimum atomic E-state index is -0.872. The van der Waals surface area contributed by atoms with Crippen molar-refractivity contribution in [2.24, 2.45) is 0 Å². The number of nitrogens with zero attached hydrogens (tertiary/aromatic N) is 1. The Morgan fingerprint density at radius 3 is 1.49 bits per heavy atom. The Hall–Kier alpha value is -7.22. The first kappa shape index (κ1) is 19.2. The molecule has 0 radical (unpaired) electrons.